The lowest BCUT2D eigenvalue weighted by Gasteiger charge is -2.19. The number of hydrogen-bond acceptors (Lipinski definition) is 3. The van der Waals surface area contributed by atoms with E-state index in [1.165, 1.54) is 0 Å². The van der Waals surface area contributed by atoms with Crippen LogP contribution in [0.25, 0.3) is 0 Å². The van der Waals surface area contributed by atoms with Crippen LogP contribution in [0.4, 0.5) is 17.6 Å². The van der Waals surface area contributed by atoms with Crippen LogP contribution < -0.4 is 0 Å². The molecule has 0 saturated carbocycles. The smallest absolute Gasteiger partial charge is 0.303 e. The molecule has 9 heteroatoms. The van der Waals surface area contributed by atoms with Crippen molar-refractivity contribution in [3.05, 3.63) is 0 Å². The average Bonchev–Trinajstić information content (AvgIpc) is 2.14. The second-order valence-corrected chi connectivity index (χ2v) is 9.24. The number of halogens is 5. The van der Waals surface area contributed by atoms with Gasteiger partial charge in [0, 0.05) is 5.25 Å². The quantitative estimate of drug-likeness (QED) is 0.500. The Morgan fingerprint density at radius 1 is 1.50 bits per heavy atom. The van der Waals surface area contributed by atoms with E-state index in [1.54, 1.807) is 13.8 Å². The maximum Gasteiger partial charge on any atom is 0.346 e. The lowest BCUT2D eigenvalue weighted by atomic mass is 10.4. The monoisotopic (exact) mass is 302 g/mol. The molecule has 0 aliphatic carbocycles. The first-order chi connectivity index (χ1) is 7.10. The van der Waals surface area contributed by atoms with Crippen LogP contribution >= 0.6 is 28.5 Å². The van der Waals surface area contributed by atoms with E-state index in [4.69, 9.17) is 11.2 Å². The van der Waals surface area contributed by atoms with Crippen molar-refractivity contribution >= 4 is 28.5 Å². The Morgan fingerprint density at radius 3 is 2.38 bits per heavy atom. The topological polar surface area (TPSA) is 26.3 Å². The molecule has 16 heavy (non-hydrogen) atoms. The molecule has 0 heterocycles. The minimum atomic E-state index is -4.33. The minimum Gasteiger partial charge on any atom is -0.303 e. The highest BCUT2D eigenvalue weighted by molar-refractivity contribution is 8.64. The molecule has 0 aromatic carbocycles. The van der Waals surface area contributed by atoms with E-state index in [0.29, 0.717) is 17.8 Å². The predicted molar refractivity (Wildman–Crippen MR) is 57.7 cm³/mol. The zero-order chi connectivity index (χ0) is 13.0. The van der Waals surface area contributed by atoms with Gasteiger partial charge in [0.1, 0.15) is 6.61 Å². The first-order valence-electron chi connectivity index (χ1n) is 4.39. The summed E-state index contributed by atoms with van der Waals surface area (Å²) in [6, 6.07) is 0. The van der Waals surface area contributed by atoms with Crippen molar-refractivity contribution in [1.82, 2.24) is 0 Å². The molecule has 98 valence electrons. The van der Waals surface area contributed by atoms with Gasteiger partial charge in [-0.25, -0.2) is 8.78 Å². The molecule has 0 rings (SSSR count). The zero-order valence-electron chi connectivity index (χ0n) is 8.63. The lowest BCUT2D eigenvalue weighted by molar-refractivity contribution is -0.147. The van der Waals surface area contributed by atoms with Crippen LogP contribution in [0.5, 0.6) is 0 Å². The Morgan fingerprint density at radius 2 is 2.00 bits per heavy atom. The molecule has 0 amide bonds. The summed E-state index contributed by atoms with van der Waals surface area (Å²) in [7, 11) is 0. The Labute approximate surface area is 100 Å². The van der Waals surface area contributed by atoms with E-state index in [9.17, 15) is 22.1 Å². The van der Waals surface area contributed by atoms with Gasteiger partial charge in [0.05, 0.1) is 0 Å². The molecule has 0 radical (unpaired) electrons. The summed E-state index contributed by atoms with van der Waals surface area (Å²) < 4.78 is 63.9. The summed E-state index contributed by atoms with van der Waals surface area (Å²) in [6.07, 6.45) is -3.26. The standard InChI is InChI=1S/C7H12ClF4O2PS/c1-3-5(2)16-15(8,13)14-4-7(11,12)6(9)10/h5-6H,3-4H2,1-2H3. The summed E-state index contributed by atoms with van der Waals surface area (Å²) in [5.74, 6) is -8.16. The molecule has 0 saturated heterocycles. The number of rotatable bonds is 7. The molecule has 0 spiro atoms. The van der Waals surface area contributed by atoms with Crippen LogP contribution in [0.15, 0.2) is 0 Å². The first-order valence-corrected chi connectivity index (χ1v) is 8.41. The molecule has 2 unspecified atom stereocenters. The van der Waals surface area contributed by atoms with Gasteiger partial charge in [-0.2, -0.15) is 8.78 Å². The molecule has 0 aromatic heterocycles. The summed E-state index contributed by atoms with van der Waals surface area (Å²) in [4.78, 5) is 0. The van der Waals surface area contributed by atoms with E-state index in [1.807, 2.05) is 0 Å². The van der Waals surface area contributed by atoms with Gasteiger partial charge in [0.2, 0.25) is 0 Å². The Kier molecular flexibility index (Phi) is 6.70. The highest BCUT2D eigenvalue weighted by atomic mass is 35.7. The molecule has 2 atom stereocenters. The fraction of sp³-hybridized carbons (Fsp3) is 1.00. The van der Waals surface area contributed by atoms with Gasteiger partial charge in [0.15, 0.2) is 0 Å². The van der Waals surface area contributed by atoms with Gasteiger partial charge in [-0.1, -0.05) is 25.2 Å². The number of hydrogen-bond donors (Lipinski definition) is 0. The molecule has 0 bridgehead atoms. The first kappa shape index (κ1) is 16.6. The second kappa shape index (κ2) is 6.47. The molecule has 0 aromatic rings. The van der Waals surface area contributed by atoms with E-state index >= 15 is 0 Å². The predicted octanol–water partition coefficient (Wildman–Crippen LogP) is 4.78. The van der Waals surface area contributed by atoms with Gasteiger partial charge in [-0.05, 0) is 17.7 Å². The van der Waals surface area contributed by atoms with Crippen LogP contribution in [0.3, 0.4) is 0 Å². The van der Waals surface area contributed by atoms with Gasteiger partial charge in [-0.3, -0.25) is 4.57 Å². The van der Waals surface area contributed by atoms with Crippen molar-refractivity contribution in [2.75, 3.05) is 6.61 Å². The van der Waals surface area contributed by atoms with E-state index in [0.717, 1.165) is 0 Å². The third-order valence-electron chi connectivity index (χ3n) is 1.61. The highest BCUT2D eigenvalue weighted by Crippen LogP contribution is 2.66. The van der Waals surface area contributed by atoms with Crippen LogP contribution in [0, 0.1) is 0 Å². The zero-order valence-corrected chi connectivity index (χ0v) is 11.1. The van der Waals surface area contributed by atoms with E-state index < -0.39 is 24.9 Å². The number of alkyl halides is 4. The van der Waals surface area contributed by atoms with Crippen molar-refractivity contribution in [3.63, 3.8) is 0 Å². The third-order valence-corrected chi connectivity index (χ3v) is 6.16. The van der Waals surface area contributed by atoms with Crippen molar-refractivity contribution in [2.24, 2.45) is 0 Å². The average molecular weight is 303 g/mol. The van der Waals surface area contributed by atoms with Crippen molar-refractivity contribution in [2.45, 2.75) is 37.9 Å². The van der Waals surface area contributed by atoms with Crippen LogP contribution in [0.1, 0.15) is 20.3 Å². The minimum absolute atomic E-state index is 0.163. The van der Waals surface area contributed by atoms with Gasteiger partial charge in [0.25, 0.3) is 0 Å². The van der Waals surface area contributed by atoms with Crippen molar-refractivity contribution < 1.29 is 26.7 Å². The summed E-state index contributed by atoms with van der Waals surface area (Å²) >= 11 is 6.01. The van der Waals surface area contributed by atoms with Crippen LogP contribution in [0.2, 0.25) is 0 Å². The fourth-order valence-corrected chi connectivity index (χ4v) is 4.96. The SMILES string of the molecule is CCC(C)SP(=O)(Cl)OCC(F)(F)C(F)F. The molecular weight excluding hydrogens is 291 g/mol. The van der Waals surface area contributed by atoms with Gasteiger partial charge in [-0.15, -0.1) is 0 Å². The van der Waals surface area contributed by atoms with Gasteiger partial charge < -0.3 is 4.52 Å². The van der Waals surface area contributed by atoms with Gasteiger partial charge >= 0.3 is 18.3 Å². The molecule has 0 fully saturated rings. The Bertz CT molecular complexity index is 267. The third kappa shape index (κ3) is 6.33. The molecule has 2 nitrogen and oxygen atoms in total. The molecule has 0 aliphatic heterocycles. The second-order valence-electron chi connectivity index (χ2n) is 3.09. The lowest BCUT2D eigenvalue weighted by Crippen LogP contribution is -2.31. The Balaban J connectivity index is 4.24. The molecule has 0 aliphatic rings. The van der Waals surface area contributed by atoms with Crippen LogP contribution in [-0.2, 0) is 9.09 Å². The fourth-order valence-electron chi connectivity index (χ4n) is 0.546. The molecular formula is C7H12ClF4O2PS. The Hall–Kier alpha value is 0.550. The normalized spacial score (nSPS) is 18.5. The van der Waals surface area contributed by atoms with Crippen molar-refractivity contribution in [1.29, 1.82) is 0 Å². The van der Waals surface area contributed by atoms with Crippen molar-refractivity contribution in [3.8, 4) is 0 Å². The van der Waals surface area contributed by atoms with E-state index in [-0.39, 0.29) is 5.25 Å². The maximum atomic E-state index is 12.4. The summed E-state index contributed by atoms with van der Waals surface area (Å²) in [5.41, 5.74) is 0. The maximum absolute atomic E-state index is 12.4. The highest BCUT2D eigenvalue weighted by Gasteiger charge is 2.43. The molecule has 0 N–H and O–H groups in total. The van der Waals surface area contributed by atoms with Crippen LogP contribution in [-0.4, -0.2) is 24.2 Å². The summed E-state index contributed by atoms with van der Waals surface area (Å²) in [5, 5.41) is -0.163. The largest absolute Gasteiger partial charge is 0.346 e. The summed E-state index contributed by atoms with van der Waals surface area (Å²) in [6.45, 7) is 1.81. The van der Waals surface area contributed by atoms with E-state index in [2.05, 4.69) is 4.52 Å².